The van der Waals surface area contributed by atoms with Gasteiger partial charge in [0.15, 0.2) is 0 Å². The smallest absolute Gasteiger partial charge is 0.277 e. The lowest BCUT2D eigenvalue weighted by Gasteiger charge is -2.32. The second-order valence-electron chi connectivity index (χ2n) is 8.52. The van der Waals surface area contributed by atoms with Gasteiger partial charge in [-0.3, -0.25) is 19.3 Å². The van der Waals surface area contributed by atoms with E-state index in [0.29, 0.717) is 16.8 Å². The Morgan fingerprint density at radius 2 is 1.50 bits per heavy atom. The minimum atomic E-state index is -0.370. The molecule has 7 heteroatoms. The van der Waals surface area contributed by atoms with Crippen molar-refractivity contribution < 1.29 is 14.4 Å². The molecule has 2 N–H and O–H groups in total. The molecule has 4 rings (SSSR count). The molecule has 7 nitrogen and oxygen atoms in total. The van der Waals surface area contributed by atoms with Crippen LogP contribution in [0.15, 0.2) is 54.2 Å². The molecule has 1 fully saturated rings. The van der Waals surface area contributed by atoms with Crippen LogP contribution < -0.4 is 15.5 Å². The summed E-state index contributed by atoms with van der Waals surface area (Å²) in [5.74, 6) is -0.129. The lowest BCUT2D eigenvalue weighted by atomic mass is 9.99. The normalized spacial score (nSPS) is 17.2. The molecule has 0 spiro atoms. The molecule has 1 saturated heterocycles. The maximum absolute atomic E-state index is 12.8. The number of carbonyl (C=O) groups excluding carboxylic acids is 3. The molecule has 0 aliphatic carbocycles. The fourth-order valence-corrected chi connectivity index (χ4v) is 4.12. The van der Waals surface area contributed by atoms with E-state index in [1.165, 1.54) is 26.8 Å². The summed E-state index contributed by atoms with van der Waals surface area (Å²) in [4.78, 5) is 40.3. The topological polar surface area (TPSA) is 81.8 Å². The first-order chi connectivity index (χ1) is 15.3. The monoisotopic (exact) mass is 432 g/mol. The van der Waals surface area contributed by atoms with Crippen LogP contribution >= 0.6 is 0 Å². The highest BCUT2D eigenvalue weighted by Crippen LogP contribution is 2.31. The average Bonchev–Trinajstić information content (AvgIpc) is 2.99. The van der Waals surface area contributed by atoms with Gasteiger partial charge in [0.05, 0.1) is 5.57 Å². The van der Waals surface area contributed by atoms with Crippen molar-refractivity contribution in [1.29, 1.82) is 0 Å². The molecule has 166 valence electrons. The van der Waals surface area contributed by atoms with Gasteiger partial charge in [0.2, 0.25) is 5.91 Å². The van der Waals surface area contributed by atoms with Crippen LogP contribution in [0.4, 0.5) is 17.1 Å². The van der Waals surface area contributed by atoms with Crippen LogP contribution in [0.3, 0.4) is 0 Å². The summed E-state index contributed by atoms with van der Waals surface area (Å²) in [5, 5.41) is 5.86. The zero-order chi connectivity index (χ0) is 22.8. The summed E-state index contributed by atoms with van der Waals surface area (Å²) < 4.78 is 0. The SMILES string of the molecule is CC(=O)Nc1ccc(C2=C(Nc3ccc(N4CCC(C)CC4)cc3)C(=O)N(C)C2=O)cc1. The van der Waals surface area contributed by atoms with Crippen LogP contribution in [-0.4, -0.2) is 42.8 Å². The van der Waals surface area contributed by atoms with Crippen molar-refractivity contribution >= 4 is 40.4 Å². The fourth-order valence-electron chi connectivity index (χ4n) is 4.12. The van der Waals surface area contributed by atoms with E-state index in [1.807, 2.05) is 24.3 Å². The van der Waals surface area contributed by atoms with E-state index in [2.05, 4.69) is 22.5 Å². The first-order valence-electron chi connectivity index (χ1n) is 10.9. The van der Waals surface area contributed by atoms with Crippen molar-refractivity contribution in [2.24, 2.45) is 5.92 Å². The Hall–Kier alpha value is -3.61. The van der Waals surface area contributed by atoms with Gasteiger partial charge in [0.1, 0.15) is 5.70 Å². The lowest BCUT2D eigenvalue weighted by Crippen LogP contribution is -2.32. The molecular formula is C25H28N4O3. The summed E-state index contributed by atoms with van der Waals surface area (Å²) in [7, 11) is 1.48. The molecule has 0 bridgehead atoms. The first-order valence-corrected chi connectivity index (χ1v) is 10.9. The van der Waals surface area contributed by atoms with Gasteiger partial charge >= 0.3 is 0 Å². The maximum atomic E-state index is 12.8. The first kappa shape index (κ1) is 21.6. The zero-order valence-corrected chi connectivity index (χ0v) is 18.6. The number of imide groups is 1. The fraction of sp³-hybridized carbons (Fsp3) is 0.320. The Bertz CT molecular complexity index is 1070. The van der Waals surface area contributed by atoms with E-state index in [0.717, 1.165) is 35.3 Å². The van der Waals surface area contributed by atoms with Gasteiger partial charge in [-0.15, -0.1) is 0 Å². The number of likely N-dealkylation sites (N-methyl/N-ethyl adjacent to an activating group) is 1. The molecule has 2 aromatic rings. The number of benzene rings is 2. The second kappa shape index (κ2) is 8.86. The van der Waals surface area contributed by atoms with Gasteiger partial charge < -0.3 is 15.5 Å². The van der Waals surface area contributed by atoms with Crippen molar-refractivity contribution in [2.75, 3.05) is 35.7 Å². The number of anilines is 3. The molecule has 2 aliphatic rings. The van der Waals surface area contributed by atoms with E-state index >= 15 is 0 Å². The number of hydrogen-bond donors (Lipinski definition) is 2. The van der Waals surface area contributed by atoms with Gasteiger partial charge in [-0.25, -0.2) is 0 Å². The second-order valence-corrected chi connectivity index (χ2v) is 8.52. The standard InChI is InChI=1S/C25H28N4O3/c1-16-12-14-29(15-13-16)21-10-8-20(9-11-21)27-23-22(24(31)28(3)25(23)32)18-4-6-19(7-5-18)26-17(2)30/h4-11,16,27H,12-15H2,1-3H3,(H,26,30). The summed E-state index contributed by atoms with van der Waals surface area (Å²) in [6.45, 7) is 5.83. The van der Waals surface area contributed by atoms with Crippen molar-refractivity contribution in [2.45, 2.75) is 26.7 Å². The number of rotatable bonds is 5. The highest BCUT2D eigenvalue weighted by atomic mass is 16.2. The summed E-state index contributed by atoms with van der Waals surface area (Å²) in [6, 6.07) is 14.9. The van der Waals surface area contributed by atoms with Crippen LogP contribution in [0, 0.1) is 5.92 Å². The highest BCUT2D eigenvalue weighted by molar-refractivity contribution is 6.36. The van der Waals surface area contributed by atoms with Crippen LogP contribution in [-0.2, 0) is 14.4 Å². The Morgan fingerprint density at radius 1 is 0.906 bits per heavy atom. The van der Waals surface area contributed by atoms with Crippen molar-refractivity contribution in [3.63, 3.8) is 0 Å². The number of amides is 3. The summed E-state index contributed by atoms with van der Waals surface area (Å²) in [6.07, 6.45) is 2.39. The number of piperidine rings is 1. The molecule has 0 atom stereocenters. The Balaban J connectivity index is 1.58. The highest BCUT2D eigenvalue weighted by Gasteiger charge is 2.36. The predicted octanol–water partition coefficient (Wildman–Crippen LogP) is 3.70. The van der Waals surface area contributed by atoms with Crippen molar-refractivity contribution in [3.8, 4) is 0 Å². The maximum Gasteiger partial charge on any atom is 0.277 e. The van der Waals surface area contributed by atoms with E-state index in [1.54, 1.807) is 24.3 Å². The van der Waals surface area contributed by atoms with Crippen molar-refractivity contribution in [3.05, 3.63) is 59.8 Å². The molecule has 32 heavy (non-hydrogen) atoms. The number of nitrogens with one attached hydrogen (secondary N) is 2. The van der Waals surface area contributed by atoms with Crippen LogP contribution in [0.5, 0.6) is 0 Å². The van der Waals surface area contributed by atoms with Gasteiger partial charge in [0, 0.05) is 44.1 Å². The van der Waals surface area contributed by atoms with Crippen LogP contribution in [0.2, 0.25) is 0 Å². The van der Waals surface area contributed by atoms with Gasteiger partial charge in [-0.1, -0.05) is 19.1 Å². The third-order valence-electron chi connectivity index (χ3n) is 6.07. The molecule has 0 unspecified atom stereocenters. The quantitative estimate of drug-likeness (QED) is 0.704. The van der Waals surface area contributed by atoms with Crippen LogP contribution in [0.25, 0.3) is 5.57 Å². The van der Waals surface area contributed by atoms with Gasteiger partial charge in [-0.2, -0.15) is 0 Å². The predicted molar refractivity (Wildman–Crippen MR) is 126 cm³/mol. The minimum absolute atomic E-state index is 0.173. The molecule has 3 amide bonds. The molecule has 0 saturated carbocycles. The molecule has 0 aromatic heterocycles. The van der Waals surface area contributed by atoms with E-state index < -0.39 is 0 Å². The van der Waals surface area contributed by atoms with Crippen LogP contribution in [0.1, 0.15) is 32.3 Å². The Morgan fingerprint density at radius 3 is 2.09 bits per heavy atom. The van der Waals surface area contributed by atoms with E-state index in [9.17, 15) is 14.4 Å². The summed E-state index contributed by atoms with van der Waals surface area (Å²) >= 11 is 0. The molecule has 2 aliphatic heterocycles. The summed E-state index contributed by atoms with van der Waals surface area (Å²) in [5.41, 5.74) is 3.73. The third kappa shape index (κ3) is 4.37. The van der Waals surface area contributed by atoms with E-state index in [-0.39, 0.29) is 23.4 Å². The number of hydrogen-bond acceptors (Lipinski definition) is 5. The third-order valence-corrected chi connectivity index (χ3v) is 6.07. The average molecular weight is 433 g/mol. The number of carbonyl (C=O) groups is 3. The van der Waals surface area contributed by atoms with Gasteiger partial charge in [-0.05, 0) is 60.7 Å². The molecule has 0 radical (unpaired) electrons. The molecular weight excluding hydrogens is 404 g/mol. The van der Waals surface area contributed by atoms with Gasteiger partial charge in [0.25, 0.3) is 11.8 Å². The molecule has 2 aromatic carbocycles. The lowest BCUT2D eigenvalue weighted by molar-refractivity contribution is -0.135. The molecule has 2 heterocycles. The zero-order valence-electron chi connectivity index (χ0n) is 18.6. The Kier molecular flexibility index (Phi) is 5.99. The van der Waals surface area contributed by atoms with E-state index in [4.69, 9.17) is 0 Å². The number of nitrogens with zero attached hydrogens (tertiary/aromatic N) is 2. The Labute approximate surface area is 188 Å². The minimum Gasteiger partial charge on any atom is -0.372 e. The largest absolute Gasteiger partial charge is 0.372 e. The van der Waals surface area contributed by atoms with Crippen molar-refractivity contribution in [1.82, 2.24) is 4.90 Å².